The molecule has 0 saturated carbocycles. The number of benzene rings is 1. The van der Waals surface area contributed by atoms with E-state index in [1.54, 1.807) is 0 Å². The predicted octanol–water partition coefficient (Wildman–Crippen LogP) is 0.263. The zero-order chi connectivity index (χ0) is 16.4. The van der Waals surface area contributed by atoms with Crippen LogP contribution in [0, 0.1) is 10.1 Å². The molecular formula is C14H20N4O4S. The molecule has 1 unspecified atom stereocenters. The van der Waals surface area contributed by atoms with Crippen molar-refractivity contribution in [1.29, 1.82) is 0 Å². The van der Waals surface area contributed by atoms with E-state index in [-0.39, 0.29) is 10.6 Å². The van der Waals surface area contributed by atoms with Gasteiger partial charge in [0.2, 0.25) is 10.0 Å². The van der Waals surface area contributed by atoms with Crippen molar-refractivity contribution in [1.82, 2.24) is 14.5 Å². The van der Waals surface area contributed by atoms with Crippen molar-refractivity contribution in [3.05, 3.63) is 34.4 Å². The molecule has 3 rings (SSSR count). The predicted molar refractivity (Wildman–Crippen MR) is 84.7 cm³/mol. The number of nitro groups is 1. The van der Waals surface area contributed by atoms with E-state index in [1.807, 2.05) is 0 Å². The van der Waals surface area contributed by atoms with Crippen molar-refractivity contribution in [2.45, 2.75) is 17.4 Å². The Morgan fingerprint density at radius 1 is 1.13 bits per heavy atom. The van der Waals surface area contributed by atoms with Gasteiger partial charge in [-0.15, -0.1) is 0 Å². The second-order valence-electron chi connectivity index (χ2n) is 5.84. The molecule has 2 aliphatic heterocycles. The van der Waals surface area contributed by atoms with E-state index in [2.05, 4.69) is 10.2 Å². The van der Waals surface area contributed by atoms with Crippen LogP contribution in [-0.4, -0.2) is 67.9 Å². The minimum Gasteiger partial charge on any atom is -0.315 e. The lowest BCUT2D eigenvalue weighted by Crippen LogP contribution is -2.52. The fourth-order valence-corrected chi connectivity index (χ4v) is 4.57. The SMILES string of the molecule is O=[N+]([O-])c1ccc(S(=O)(=O)N2CCN(C3CCNC3)CC2)cc1. The number of nitro benzene ring substituents is 1. The van der Waals surface area contributed by atoms with Gasteiger partial charge in [-0.1, -0.05) is 0 Å². The Balaban J connectivity index is 1.67. The number of nitrogens with one attached hydrogen (secondary N) is 1. The van der Waals surface area contributed by atoms with Gasteiger partial charge in [0.1, 0.15) is 0 Å². The first kappa shape index (κ1) is 16.3. The molecule has 23 heavy (non-hydrogen) atoms. The van der Waals surface area contributed by atoms with Crippen LogP contribution in [0.3, 0.4) is 0 Å². The third-order valence-electron chi connectivity index (χ3n) is 4.51. The summed E-state index contributed by atoms with van der Waals surface area (Å²) in [6, 6.07) is 5.57. The molecule has 2 fully saturated rings. The topological polar surface area (TPSA) is 95.8 Å². The van der Waals surface area contributed by atoms with Crippen LogP contribution in [-0.2, 0) is 10.0 Å². The van der Waals surface area contributed by atoms with Gasteiger partial charge >= 0.3 is 0 Å². The summed E-state index contributed by atoms with van der Waals surface area (Å²) in [6.45, 7) is 4.34. The van der Waals surface area contributed by atoms with Crippen LogP contribution >= 0.6 is 0 Å². The van der Waals surface area contributed by atoms with Gasteiger partial charge < -0.3 is 5.32 Å². The van der Waals surface area contributed by atoms with Crippen molar-refractivity contribution in [3.63, 3.8) is 0 Å². The summed E-state index contributed by atoms with van der Waals surface area (Å²) in [5, 5.41) is 14.0. The van der Waals surface area contributed by atoms with E-state index in [9.17, 15) is 18.5 Å². The van der Waals surface area contributed by atoms with Crippen LogP contribution in [0.1, 0.15) is 6.42 Å². The van der Waals surface area contributed by atoms with Gasteiger partial charge in [-0.25, -0.2) is 8.42 Å². The van der Waals surface area contributed by atoms with Crippen molar-refractivity contribution in [3.8, 4) is 0 Å². The highest BCUT2D eigenvalue weighted by molar-refractivity contribution is 7.89. The standard InChI is InChI=1S/C14H20N4O4S/c19-18(20)12-1-3-14(4-2-12)23(21,22)17-9-7-16(8-10-17)13-5-6-15-11-13/h1-4,13,15H,5-11H2. The van der Waals surface area contributed by atoms with Gasteiger partial charge in [0, 0.05) is 50.9 Å². The molecule has 0 bridgehead atoms. The molecule has 1 aromatic rings. The molecule has 2 saturated heterocycles. The zero-order valence-electron chi connectivity index (χ0n) is 12.7. The fourth-order valence-electron chi connectivity index (χ4n) is 3.15. The number of rotatable bonds is 4. The second kappa shape index (κ2) is 6.52. The van der Waals surface area contributed by atoms with Gasteiger partial charge in [-0.2, -0.15) is 4.31 Å². The molecule has 8 nitrogen and oxygen atoms in total. The molecule has 1 atom stereocenters. The maximum Gasteiger partial charge on any atom is 0.269 e. The van der Waals surface area contributed by atoms with E-state index in [1.165, 1.54) is 28.6 Å². The summed E-state index contributed by atoms with van der Waals surface area (Å²) in [7, 11) is -3.58. The summed E-state index contributed by atoms with van der Waals surface area (Å²) < 4.78 is 26.7. The minimum atomic E-state index is -3.58. The minimum absolute atomic E-state index is 0.109. The van der Waals surface area contributed by atoms with Crippen molar-refractivity contribution in [2.75, 3.05) is 39.3 Å². The maximum atomic E-state index is 12.6. The van der Waals surface area contributed by atoms with Crippen LogP contribution in [0.4, 0.5) is 5.69 Å². The Hall–Kier alpha value is -1.55. The van der Waals surface area contributed by atoms with Gasteiger partial charge in [-0.3, -0.25) is 15.0 Å². The number of hydrogen-bond donors (Lipinski definition) is 1. The molecule has 0 aromatic heterocycles. The van der Waals surface area contributed by atoms with Crippen molar-refractivity contribution in [2.24, 2.45) is 0 Å². The average molecular weight is 340 g/mol. The number of nitrogens with zero attached hydrogens (tertiary/aromatic N) is 3. The molecule has 0 radical (unpaired) electrons. The Labute approximate surface area is 135 Å². The molecule has 9 heteroatoms. The van der Waals surface area contributed by atoms with Gasteiger partial charge in [0.15, 0.2) is 0 Å². The van der Waals surface area contributed by atoms with Crippen LogP contribution in [0.15, 0.2) is 29.2 Å². The molecule has 126 valence electrons. The summed E-state index contributed by atoms with van der Waals surface area (Å²) in [5.74, 6) is 0. The molecular weight excluding hydrogens is 320 g/mol. The molecule has 1 N–H and O–H groups in total. The number of sulfonamides is 1. The van der Waals surface area contributed by atoms with E-state index in [0.717, 1.165) is 32.6 Å². The first-order valence-electron chi connectivity index (χ1n) is 7.68. The fraction of sp³-hybridized carbons (Fsp3) is 0.571. The lowest BCUT2D eigenvalue weighted by molar-refractivity contribution is -0.384. The van der Waals surface area contributed by atoms with E-state index >= 15 is 0 Å². The molecule has 0 spiro atoms. The average Bonchev–Trinajstić information content (AvgIpc) is 3.09. The van der Waals surface area contributed by atoms with Crippen LogP contribution in [0.5, 0.6) is 0 Å². The molecule has 0 aliphatic carbocycles. The van der Waals surface area contributed by atoms with E-state index in [4.69, 9.17) is 0 Å². The summed E-state index contributed by atoms with van der Waals surface area (Å²) in [6.07, 6.45) is 1.11. The molecule has 2 aliphatic rings. The number of piperazine rings is 1. The van der Waals surface area contributed by atoms with Crippen LogP contribution in [0.25, 0.3) is 0 Å². The Morgan fingerprint density at radius 3 is 2.30 bits per heavy atom. The third-order valence-corrected chi connectivity index (χ3v) is 6.42. The molecule has 2 heterocycles. The number of hydrogen-bond acceptors (Lipinski definition) is 6. The normalized spacial score (nSPS) is 23.9. The number of non-ortho nitro benzene ring substituents is 1. The smallest absolute Gasteiger partial charge is 0.269 e. The lowest BCUT2D eigenvalue weighted by Gasteiger charge is -2.37. The first-order chi connectivity index (χ1) is 11.0. The first-order valence-corrected chi connectivity index (χ1v) is 9.12. The second-order valence-corrected chi connectivity index (χ2v) is 7.78. The lowest BCUT2D eigenvalue weighted by atomic mass is 10.2. The van der Waals surface area contributed by atoms with Gasteiger partial charge in [0.05, 0.1) is 9.82 Å². The van der Waals surface area contributed by atoms with Crippen LogP contribution < -0.4 is 5.32 Å². The Morgan fingerprint density at radius 2 is 1.78 bits per heavy atom. The summed E-state index contributed by atoms with van der Waals surface area (Å²) in [5.41, 5.74) is -0.109. The van der Waals surface area contributed by atoms with E-state index in [0.29, 0.717) is 19.1 Å². The van der Waals surface area contributed by atoms with E-state index < -0.39 is 14.9 Å². The van der Waals surface area contributed by atoms with Crippen molar-refractivity contribution >= 4 is 15.7 Å². The Bertz CT molecular complexity index is 663. The van der Waals surface area contributed by atoms with Crippen molar-refractivity contribution < 1.29 is 13.3 Å². The summed E-state index contributed by atoms with van der Waals surface area (Å²) >= 11 is 0. The zero-order valence-corrected chi connectivity index (χ0v) is 13.5. The highest BCUT2D eigenvalue weighted by atomic mass is 32.2. The molecule has 0 amide bonds. The highest BCUT2D eigenvalue weighted by Crippen LogP contribution is 2.21. The van der Waals surface area contributed by atoms with Gasteiger partial charge in [0.25, 0.3) is 5.69 Å². The quantitative estimate of drug-likeness (QED) is 0.624. The monoisotopic (exact) mass is 340 g/mol. The molecule has 1 aromatic carbocycles. The Kier molecular flexibility index (Phi) is 4.62. The van der Waals surface area contributed by atoms with Gasteiger partial charge in [-0.05, 0) is 25.1 Å². The third kappa shape index (κ3) is 3.37. The van der Waals surface area contributed by atoms with Crippen LogP contribution in [0.2, 0.25) is 0 Å². The maximum absolute atomic E-state index is 12.6. The summed E-state index contributed by atoms with van der Waals surface area (Å²) in [4.78, 5) is 12.6. The highest BCUT2D eigenvalue weighted by Gasteiger charge is 2.32. The largest absolute Gasteiger partial charge is 0.315 e.